The van der Waals surface area contributed by atoms with E-state index in [0.29, 0.717) is 36.4 Å². The molecule has 0 aromatic rings. The average Bonchev–Trinajstić information content (AvgIpc) is 2.82. The van der Waals surface area contributed by atoms with Crippen LogP contribution in [0.3, 0.4) is 0 Å². The van der Waals surface area contributed by atoms with Crippen LogP contribution in [0.15, 0.2) is 11.6 Å². The van der Waals surface area contributed by atoms with Crippen LogP contribution >= 0.6 is 0 Å². The van der Waals surface area contributed by atoms with Gasteiger partial charge in [0.1, 0.15) is 12.1 Å². The lowest BCUT2D eigenvalue weighted by molar-refractivity contribution is -0.135. The standard InChI is InChI=1S/C19H24O3/c1-18-8-7-16-14(15(18)4-5-17(18)22)3-2-12-10-13(21)6-9-19(12,16)11-20/h10-11,14-16H,2-9H2,1H3/t14-,15-,16-,18-,19+/m1/s1. The summed E-state index contributed by atoms with van der Waals surface area (Å²) in [6.07, 6.45) is 9.65. The molecule has 0 aromatic heterocycles. The van der Waals surface area contributed by atoms with E-state index in [9.17, 15) is 14.4 Å². The minimum atomic E-state index is -0.399. The predicted molar refractivity (Wildman–Crippen MR) is 82.1 cm³/mol. The summed E-state index contributed by atoms with van der Waals surface area (Å²) in [5, 5.41) is 0. The van der Waals surface area contributed by atoms with E-state index in [4.69, 9.17) is 0 Å². The van der Waals surface area contributed by atoms with Crippen molar-refractivity contribution in [2.24, 2.45) is 28.6 Å². The van der Waals surface area contributed by atoms with Crippen molar-refractivity contribution >= 4 is 17.9 Å². The lowest BCUT2D eigenvalue weighted by atomic mass is 9.47. The summed E-state index contributed by atoms with van der Waals surface area (Å²) < 4.78 is 0. The van der Waals surface area contributed by atoms with Crippen molar-refractivity contribution < 1.29 is 14.4 Å². The molecule has 3 nitrogen and oxygen atoms in total. The Morgan fingerprint density at radius 1 is 1.05 bits per heavy atom. The molecular formula is C19H24O3. The number of aldehydes is 1. The Labute approximate surface area is 131 Å². The lowest BCUT2D eigenvalue weighted by Crippen LogP contribution is -2.52. The first kappa shape index (κ1) is 14.3. The summed E-state index contributed by atoms with van der Waals surface area (Å²) in [5.74, 6) is 1.91. The maximum atomic E-state index is 12.4. The van der Waals surface area contributed by atoms with Gasteiger partial charge in [0, 0.05) is 18.3 Å². The third-order valence-electron chi connectivity index (χ3n) is 7.48. The molecule has 3 saturated carbocycles. The topological polar surface area (TPSA) is 51.2 Å². The molecule has 4 aliphatic rings. The minimum Gasteiger partial charge on any atom is -0.302 e. The highest BCUT2D eigenvalue weighted by Crippen LogP contribution is 2.63. The number of carbonyl (C=O) groups is 3. The third-order valence-corrected chi connectivity index (χ3v) is 7.48. The van der Waals surface area contributed by atoms with E-state index in [1.165, 1.54) is 0 Å². The number of hydrogen-bond acceptors (Lipinski definition) is 3. The van der Waals surface area contributed by atoms with Gasteiger partial charge in [-0.25, -0.2) is 0 Å². The van der Waals surface area contributed by atoms with Crippen LogP contribution in [-0.2, 0) is 14.4 Å². The monoisotopic (exact) mass is 300 g/mol. The first-order valence-corrected chi connectivity index (χ1v) is 8.75. The lowest BCUT2D eigenvalue weighted by Gasteiger charge is -2.55. The summed E-state index contributed by atoms with van der Waals surface area (Å²) in [7, 11) is 0. The van der Waals surface area contributed by atoms with Crippen molar-refractivity contribution in [3.8, 4) is 0 Å². The molecule has 4 aliphatic carbocycles. The second kappa shape index (κ2) is 4.62. The van der Waals surface area contributed by atoms with E-state index < -0.39 is 5.41 Å². The second-order valence-electron chi connectivity index (χ2n) is 8.13. The Bertz CT molecular complexity index is 589. The fourth-order valence-electron chi connectivity index (χ4n) is 6.26. The quantitative estimate of drug-likeness (QED) is 0.698. The van der Waals surface area contributed by atoms with E-state index in [1.54, 1.807) is 6.08 Å². The molecule has 22 heavy (non-hydrogen) atoms. The van der Waals surface area contributed by atoms with Gasteiger partial charge in [0.2, 0.25) is 0 Å². The van der Waals surface area contributed by atoms with E-state index >= 15 is 0 Å². The van der Waals surface area contributed by atoms with Crippen LogP contribution in [-0.4, -0.2) is 17.9 Å². The van der Waals surface area contributed by atoms with Crippen molar-refractivity contribution in [1.82, 2.24) is 0 Å². The van der Waals surface area contributed by atoms with Crippen LogP contribution < -0.4 is 0 Å². The van der Waals surface area contributed by atoms with E-state index in [0.717, 1.165) is 50.4 Å². The molecule has 4 rings (SSSR count). The second-order valence-corrected chi connectivity index (χ2v) is 8.13. The molecule has 0 amide bonds. The van der Waals surface area contributed by atoms with Gasteiger partial charge in [0.15, 0.2) is 5.78 Å². The van der Waals surface area contributed by atoms with Gasteiger partial charge in [0.05, 0.1) is 5.41 Å². The molecule has 118 valence electrons. The van der Waals surface area contributed by atoms with Gasteiger partial charge in [-0.2, -0.15) is 0 Å². The summed E-state index contributed by atoms with van der Waals surface area (Å²) in [5.41, 5.74) is 0.550. The Balaban J connectivity index is 1.74. The molecule has 5 atom stereocenters. The molecule has 0 aliphatic heterocycles. The van der Waals surface area contributed by atoms with Crippen molar-refractivity contribution in [2.75, 3.05) is 0 Å². The third kappa shape index (κ3) is 1.65. The molecule has 0 saturated heterocycles. The first-order chi connectivity index (χ1) is 10.5. The summed E-state index contributed by atoms with van der Waals surface area (Å²) in [4.78, 5) is 36.2. The highest BCUT2D eigenvalue weighted by atomic mass is 16.1. The maximum Gasteiger partial charge on any atom is 0.155 e. The molecular weight excluding hydrogens is 276 g/mol. The Hall–Kier alpha value is -1.25. The summed E-state index contributed by atoms with van der Waals surface area (Å²) >= 11 is 0. The Morgan fingerprint density at radius 2 is 1.86 bits per heavy atom. The van der Waals surface area contributed by atoms with E-state index in [1.807, 2.05) is 0 Å². The molecule has 0 N–H and O–H groups in total. The summed E-state index contributed by atoms with van der Waals surface area (Å²) in [6, 6.07) is 0. The zero-order chi connectivity index (χ0) is 15.5. The van der Waals surface area contributed by atoms with Crippen LogP contribution in [0.1, 0.15) is 58.3 Å². The Kier molecular flexibility index (Phi) is 3.02. The van der Waals surface area contributed by atoms with Gasteiger partial charge in [-0.05, 0) is 62.4 Å². The van der Waals surface area contributed by atoms with Crippen LogP contribution in [0.5, 0.6) is 0 Å². The van der Waals surface area contributed by atoms with Gasteiger partial charge in [0.25, 0.3) is 0 Å². The maximum absolute atomic E-state index is 12.4. The van der Waals surface area contributed by atoms with Gasteiger partial charge in [-0.1, -0.05) is 12.5 Å². The number of rotatable bonds is 1. The van der Waals surface area contributed by atoms with Gasteiger partial charge in [-0.3, -0.25) is 9.59 Å². The number of fused-ring (bicyclic) bond motifs is 5. The smallest absolute Gasteiger partial charge is 0.155 e. The fraction of sp³-hybridized carbons (Fsp3) is 0.737. The van der Waals surface area contributed by atoms with Crippen LogP contribution in [0.2, 0.25) is 0 Å². The highest BCUT2D eigenvalue weighted by molar-refractivity contribution is 5.93. The molecule has 0 unspecified atom stereocenters. The molecule has 0 spiro atoms. The highest BCUT2D eigenvalue weighted by Gasteiger charge is 2.60. The van der Waals surface area contributed by atoms with Crippen molar-refractivity contribution in [2.45, 2.75) is 58.3 Å². The number of carbonyl (C=O) groups excluding carboxylic acids is 3. The van der Waals surface area contributed by atoms with Gasteiger partial charge < -0.3 is 4.79 Å². The van der Waals surface area contributed by atoms with Crippen LogP contribution in [0.4, 0.5) is 0 Å². The molecule has 0 radical (unpaired) electrons. The van der Waals surface area contributed by atoms with Crippen LogP contribution in [0.25, 0.3) is 0 Å². The SMILES string of the molecule is C[C@@]12CC[C@@H]3[C@H](CCC4=CC(=O)CC[C@]43C=O)[C@H]1CCC2=O. The van der Waals surface area contributed by atoms with Gasteiger partial charge in [-0.15, -0.1) is 0 Å². The predicted octanol–water partition coefficient (Wildman–Crippen LogP) is 3.27. The average molecular weight is 300 g/mol. The largest absolute Gasteiger partial charge is 0.302 e. The number of allylic oxidation sites excluding steroid dienone is 1. The number of ketones is 2. The minimum absolute atomic E-state index is 0.142. The first-order valence-electron chi connectivity index (χ1n) is 8.75. The number of Topliss-reactive ketones (excluding diaryl/α,β-unsaturated/α-hetero) is 1. The van der Waals surface area contributed by atoms with E-state index in [-0.39, 0.29) is 11.2 Å². The van der Waals surface area contributed by atoms with Crippen molar-refractivity contribution in [1.29, 1.82) is 0 Å². The molecule has 3 fully saturated rings. The molecule has 0 bridgehead atoms. The van der Waals surface area contributed by atoms with Crippen LogP contribution in [0, 0.1) is 28.6 Å². The normalized spacial score (nSPS) is 47.3. The zero-order valence-corrected chi connectivity index (χ0v) is 13.3. The Morgan fingerprint density at radius 3 is 2.64 bits per heavy atom. The van der Waals surface area contributed by atoms with Gasteiger partial charge >= 0.3 is 0 Å². The van der Waals surface area contributed by atoms with Crippen molar-refractivity contribution in [3.63, 3.8) is 0 Å². The summed E-state index contributed by atoms with van der Waals surface area (Å²) in [6.45, 7) is 2.16. The molecule has 0 aromatic carbocycles. The van der Waals surface area contributed by atoms with E-state index in [2.05, 4.69) is 6.92 Å². The molecule has 3 heteroatoms. The zero-order valence-electron chi connectivity index (χ0n) is 13.3. The van der Waals surface area contributed by atoms with Crippen molar-refractivity contribution in [3.05, 3.63) is 11.6 Å². The number of hydrogen-bond donors (Lipinski definition) is 0. The molecule has 0 heterocycles. The fourth-order valence-corrected chi connectivity index (χ4v) is 6.26.